The highest BCUT2D eigenvalue weighted by molar-refractivity contribution is 5.82. The molecular weight excluding hydrogens is 212 g/mol. The van der Waals surface area contributed by atoms with E-state index < -0.39 is 0 Å². The van der Waals surface area contributed by atoms with Crippen molar-refractivity contribution in [1.29, 1.82) is 5.41 Å². The normalized spacial score (nSPS) is 16.7. The number of hydrogen-bond acceptors (Lipinski definition) is 2. The van der Waals surface area contributed by atoms with Crippen molar-refractivity contribution in [3.05, 3.63) is 0 Å². The zero-order valence-corrected chi connectivity index (χ0v) is 11.7. The van der Waals surface area contributed by atoms with Crippen LogP contribution in [0.4, 0.5) is 0 Å². The summed E-state index contributed by atoms with van der Waals surface area (Å²) in [5, 5.41) is 8.43. The van der Waals surface area contributed by atoms with E-state index in [1.165, 1.54) is 25.7 Å². The molecule has 0 unspecified atom stereocenters. The maximum absolute atomic E-state index is 8.43. The van der Waals surface area contributed by atoms with Crippen molar-refractivity contribution in [2.75, 3.05) is 20.3 Å². The summed E-state index contributed by atoms with van der Waals surface area (Å²) < 4.78 is 5.19. The molecule has 0 atom stereocenters. The summed E-state index contributed by atoms with van der Waals surface area (Å²) in [6, 6.07) is 0.512. The van der Waals surface area contributed by atoms with Gasteiger partial charge in [0.25, 0.3) is 0 Å². The van der Waals surface area contributed by atoms with Crippen molar-refractivity contribution in [1.82, 2.24) is 4.90 Å². The molecular formula is C14H28N2O. The molecule has 0 aromatic carbocycles. The second kappa shape index (κ2) is 7.70. The zero-order valence-electron chi connectivity index (χ0n) is 11.7. The molecule has 0 spiro atoms. The van der Waals surface area contributed by atoms with Gasteiger partial charge in [-0.1, -0.05) is 26.7 Å². The van der Waals surface area contributed by atoms with Crippen LogP contribution in [-0.4, -0.2) is 37.0 Å². The highest BCUT2D eigenvalue weighted by atomic mass is 16.5. The highest BCUT2D eigenvalue weighted by Crippen LogP contribution is 2.28. The predicted octanol–water partition coefficient (Wildman–Crippen LogP) is 3.29. The average molecular weight is 240 g/mol. The Labute approximate surface area is 106 Å². The fourth-order valence-corrected chi connectivity index (χ4v) is 2.85. The van der Waals surface area contributed by atoms with Crippen molar-refractivity contribution >= 4 is 5.84 Å². The summed E-state index contributed by atoms with van der Waals surface area (Å²) in [5.74, 6) is 1.38. The lowest BCUT2D eigenvalue weighted by Gasteiger charge is -2.35. The van der Waals surface area contributed by atoms with Crippen molar-refractivity contribution in [3.8, 4) is 0 Å². The Morgan fingerprint density at radius 3 is 2.35 bits per heavy atom. The summed E-state index contributed by atoms with van der Waals surface area (Å²) in [7, 11) is 1.74. The van der Waals surface area contributed by atoms with Crippen LogP contribution in [-0.2, 0) is 4.74 Å². The highest BCUT2D eigenvalue weighted by Gasteiger charge is 2.26. The lowest BCUT2D eigenvalue weighted by molar-refractivity contribution is 0.155. The van der Waals surface area contributed by atoms with Crippen LogP contribution in [0.15, 0.2) is 0 Å². The smallest absolute Gasteiger partial charge is 0.0992 e. The van der Waals surface area contributed by atoms with Crippen molar-refractivity contribution in [2.24, 2.45) is 5.92 Å². The first-order chi connectivity index (χ1) is 8.24. The van der Waals surface area contributed by atoms with E-state index >= 15 is 0 Å². The van der Waals surface area contributed by atoms with Crippen molar-refractivity contribution < 1.29 is 4.74 Å². The number of nitrogens with zero attached hydrogens (tertiary/aromatic N) is 1. The Balaban J connectivity index is 2.62. The van der Waals surface area contributed by atoms with Gasteiger partial charge in [-0.3, -0.25) is 5.41 Å². The number of rotatable bonds is 7. The Hall–Kier alpha value is -0.570. The van der Waals surface area contributed by atoms with Gasteiger partial charge in [-0.15, -0.1) is 0 Å². The summed E-state index contributed by atoms with van der Waals surface area (Å²) in [6.45, 7) is 6.04. The molecule has 0 aromatic rings. The van der Waals surface area contributed by atoms with Gasteiger partial charge in [0.15, 0.2) is 0 Å². The van der Waals surface area contributed by atoms with E-state index in [1.54, 1.807) is 7.11 Å². The third-order valence-electron chi connectivity index (χ3n) is 3.97. The quantitative estimate of drug-likeness (QED) is 0.547. The molecule has 0 bridgehead atoms. The van der Waals surface area contributed by atoms with Gasteiger partial charge in [0.1, 0.15) is 0 Å². The van der Waals surface area contributed by atoms with Gasteiger partial charge >= 0.3 is 0 Å². The number of hydrogen-bond donors (Lipinski definition) is 1. The number of amidine groups is 1. The van der Waals surface area contributed by atoms with E-state index in [4.69, 9.17) is 10.1 Å². The fraction of sp³-hybridized carbons (Fsp3) is 0.929. The van der Waals surface area contributed by atoms with E-state index in [0.717, 1.165) is 31.8 Å². The molecule has 0 amide bonds. The van der Waals surface area contributed by atoms with Gasteiger partial charge < -0.3 is 9.64 Å². The van der Waals surface area contributed by atoms with E-state index in [0.29, 0.717) is 12.0 Å². The molecule has 3 heteroatoms. The van der Waals surface area contributed by atoms with Crippen LogP contribution in [0.1, 0.15) is 52.4 Å². The third kappa shape index (κ3) is 3.98. The van der Waals surface area contributed by atoms with Gasteiger partial charge in [0.05, 0.1) is 12.4 Å². The van der Waals surface area contributed by atoms with Crippen molar-refractivity contribution in [2.45, 2.75) is 58.4 Å². The molecule has 0 aliphatic heterocycles. The standard InChI is InChI=1S/C14H28N2O/c1-4-13(5-2)16(10-11-17-3)14(15)12-8-6-7-9-12/h12-13,15H,4-11H2,1-3H3. The molecule has 17 heavy (non-hydrogen) atoms. The number of methoxy groups -OCH3 is 1. The lowest BCUT2D eigenvalue weighted by Crippen LogP contribution is -2.44. The molecule has 0 aromatic heterocycles. The van der Waals surface area contributed by atoms with Crippen LogP contribution >= 0.6 is 0 Å². The molecule has 0 saturated heterocycles. The average Bonchev–Trinajstić information content (AvgIpc) is 2.87. The molecule has 1 saturated carbocycles. The predicted molar refractivity (Wildman–Crippen MR) is 72.6 cm³/mol. The van der Waals surface area contributed by atoms with E-state index in [2.05, 4.69) is 18.7 Å². The molecule has 1 rings (SSSR count). The second-order valence-electron chi connectivity index (χ2n) is 5.02. The number of nitrogens with one attached hydrogen (secondary N) is 1. The second-order valence-corrected chi connectivity index (χ2v) is 5.02. The summed E-state index contributed by atoms with van der Waals surface area (Å²) in [4.78, 5) is 2.29. The Bertz CT molecular complexity index is 220. The Morgan fingerprint density at radius 1 is 1.29 bits per heavy atom. The van der Waals surface area contributed by atoms with Gasteiger partial charge in [-0.25, -0.2) is 0 Å². The van der Waals surface area contributed by atoms with Gasteiger partial charge in [-0.2, -0.15) is 0 Å². The Kier molecular flexibility index (Phi) is 6.56. The van der Waals surface area contributed by atoms with E-state index in [1.807, 2.05) is 0 Å². The minimum atomic E-state index is 0.507. The third-order valence-corrected chi connectivity index (χ3v) is 3.97. The molecule has 3 nitrogen and oxygen atoms in total. The largest absolute Gasteiger partial charge is 0.383 e. The molecule has 0 radical (unpaired) electrons. The topological polar surface area (TPSA) is 36.3 Å². The molecule has 1 fully saturated rings. The Morgan fingerprint density at radius 2 is 1.88 bits per heavy atom. The van der Waals surface area contributed by atoms with Crippen LogP contribution < -0.4 is 0 Å². The summed E-state index contributed by atoms with van der Waals surface area (Å²) >= 11 is 0. The van der Waals surface area contributed by atoms with Crippen LogP contribution in [0.5, 0.6) is 0 Å². The van der Waals surface area contributed by atoms with Crippen molar-refractivity contribution in [3.63, 3.8) is 0 Å². The van der Waals surface area contributed by atoms with Gasteiger partial charge in [0.2, 0.25) is 0 Å². The van der Waals surface area contributed by atoms with Gasteiger partial charge in [-0.05, 0) is 25.7 Å². The van der Waals surface area contributed by atoms with Crippen LogP contribution in [0.2, 0.25) is 0 Å². The minimum Gasteiger partial charge on any atom is -0.383 e. The van der Waals surface area contributed by atoms with Gasteiger partial charge in [0, 0.05) is 25.6 Å². The van der Waals surface area contributed by atoms with Crippen LogP contribution in [0.25, 0.3) is 0 Å². The van der Waals surface area contributed by atoms with Crippen LogP contribution in [0.3, 0.4) is 0 Å². The minimum absolute atomic E-state index is 0.507. The molecule has 100 valence electrons. The first-order valence-corrected chi connectivity index (χ1v) is 7.08. The van der Waals surface area contributed by atoms with E-state index in [-0.39, 0.29) is 0 Å². The van der Waals surface area contributed by atoms with Crippen LogP contribution in [0, 0.1) is 11.3 Å². The summed E-state index contributed by atoms with van der Waals surface area (Å²) in [5.41, 5.74) is 0. The molecule has 1 aliphatic carbocycles. The first-order valence-electron chi connectivity index (χ1n) is 7.08. The zero-order chi connectivity index (χ0) is 12.7. The molecule has 0 heterocycles. The first kappa shape index (κ1) is 14.5. The monoisotopic (exact) mass is 240 g/mol. The maximum Gasteiger partial charge on any atom is 0.0992 e. The molecule has 1 N–H and O–H groups in total. The van der Waals surface area contributed by atoms with E-state index in [9.17, 15) is 0 Å². The lowest BCUT2D eigenvalue weighted by atomic mass is 10.0. The molecule has 1 aliphatic rings. The summed E-state index contributed by atoms with van der Waals surface area (Å²) in [6.07, 6.45) is 7.26. The maximum atomic E-state index is 8.43. The fourth-order valence-electron chi connectivity index (χ4n) is 2.85. The number of ether oxygens (including phenoxy) is 1. The SMILES string of the molecule is CCC(CC)N(CCOC)C(=N)C1CCCC1.